The highest BCUT2D eigenvalue weighted by atomic mass is 32.2. The van der Waals surface area contributed by atoms with Crippen LogP contribution in [0.5, 0.6) is 0 Å². The van der Waals surface area contributed by atoms with Gasteiger partial charge in [-0.15, -0.1) is 11.3 Å². The molecule has 0 spiro atoms. The van der Waals surface area contributed by atoms with Crippen LogP contribution in [0.25, 0.3) is 38.9 Å². The third-order valence-electron chi connectivity index (χ3n) is 7.05. The molecule has 4 aromatic rings. The summed E-state index contributed by atoms with van der Waals surface area (Å²) in [5.74, 6) is 0. The third kappa shape index (κ3) is 4.84. The van der Waals surface area contributed by atoms with Crippen molar-refractivity contribution in [3.8, 4) is 32.8 Å². The molecule has 2 aromatic heterocycles. The van der Waals surface area contributed by atoms with E-state index in [1.165, 1.54) is 17.6 Å². The zero-order valence-corrected chi connectivity index (χ0v) is 23.8. The quantitative estimate of drug-likeness (QED) is 0.374. The Labute approximate surface area is 227 Å². The first-order valence-corrected chi connectivity index (χ1v) is 15.2. The second-order valence-electron chi connectivity index (χ2n) is 10.7. The lowest BCUT2D eigenvalue weighted by Crippen LogP contribution is -2.35. The Morgan fingerprint density at radius 2 is 1.71 bits per heavy atom. The van der Waals surface area contributed by atoms with E-state index < -0.39 is 20.2 Å². The van der Waals surface area contributed by atoms with Gasteiger partial charge in [0.1, 0.15) is 10.6 Å². The Kier molecular flexibility index (Phi) is 6.62. The zero-order valence-electron chi connectivity index (χ0n) is 22.2. The lowest BCUT2D eigenvalue weighted by atomic mass is 9.93. The van der Waals surface area contributed by atoms with Crippen LogP contribution in [0, 0.1) is 0 Å². The van der Waals surface area contributed by atoms with Crippen molar-refractivity contribution in [3.63, 3.8) is 0 Å². The van der Waals surface area contributed by atoms with Crippen molar-refractivity contribution in [2.45, 2.75) is 44.5 Å². The molecule has 0 fully saturated rings. The molecule has 0 amide bonds. The first-order valence-electron chi connectivity index (χ1n) is 12.5. The first kappa shape index (κ1) is 26.4. The lowest BCUT2D eigenvalue weighted by Gasteiger charge is -2.24. The van der Waals surface area contributed by atoms with Crippen LogP contribution in [0.3, 0.4) is 0 Å². The highest BCUT2D eigenvalue weighted by molar-refractivity contribution is 7.91. The zero-order chi connectivity index (χ0) is 27.3. The number of pyridine rings is 1. The Morgan fingerprint density at radius 1 is 0.974 bits per heavy atom. The molecule has 1 aliphatic heterocycles. The van der Waals surface area contributed by atoms with E-state index in [4.69, 9.17) is 9.98 Å². The molecule has 3 heterocycles. The lowest BCUT2D eigenvalue weighted by molar-refractivity contribution is 0.0783. The van der Waals surface area contributed by atoms with Crippen LogP contribution in [0.15, 0.2) is 65.9 Å². The number of aliphatic hydroxyl groups is 1. The summed E-state index contributed by atoms with van der Waals surface area (Å²) in [6.07, 6.45) is 7.74. The Balaban J connectivity index is 1.73. The summed E-state index contributed by atoms with van der Waals surface area (Å²) in [7, 11) is -3.36. The number of thiazole rings is 1. The molecular weight excluding hydrogens is 514 g/mol. The van der Waals surface area contributed by atoms with Gasteiger partial charge in [-0.25, -0.2) is 13.4 Å². The highest BCUT2D eigenvalue weighted by Crippen LogP contribution is 2.41. The number of hydrogen-bond acceptors (Lipinski definition) is 7. The topological polar surface area (TPSA) is 92.5 Å². The molecule has 8 heteroatoms. The van der Waals surface area contributed by atoms with Gasteiger partial charge < -0.3 is 5.11 Å². The molecule has 6 nitrogen and oxygen atoms in total. The molecule has 0 unspecified atom stereocenters. The van der Waals surface area contributed by atoms with E-state index >= 15 is 0 Å². The molecule has 0 saturated heterocycles. The van der Waals surface area contributed by atoms with E-state index in [-0.39, 0.29) is 0 Å². The van der Waals surface area contributed by atoms with Crippen molar-refractivity contribution in [3.05, 3.63) is 82.1 Å². The maximum absolute atomic E-state index is 12.7. The fourth-order valence-corrected chi connectivity index (χ4v) is 6.10. The number of sulfone groups is 1. The molecule has 5 rings (SSSR count). The van der Waals surface area contributed by atoms with Crippen LogP contribution in [-0.2, 0) is 20.2 Å². The highest BCUT2D eigenvalue weighted by Gasteiger charge is 2.33. The summed E-state index contributed by atoms with van der Waals surface area (Å²) < 4.78 is 24.3. The number of rotatable bonds is 6. The van der Waals surface area contributed by atoms with Crippen molar-refractivity contribution in [1.82, 2.24) is 9.97 Å². The molecule has 1 aliphatic rings. The fraction of sp³-hybridized carbons (Fsp3) is 0.300. The van der Waals surface area contributed by atoms with Crippen molar-refractivity contribution in [2.75, 3.05) is 12.8 Å². The monoisotopic (exact) mass is 545 g/mol. The van der Waals surface area contributed by atoms with E-state index in [2.05, 4.69) is 17.1 Å². The van der Waals surface area contributed by atoms with Crippen LogP contribution in [0.4, 0.5) is 0 Å². The molecule has 1 N–H and O–H groups in total. The van der Waals surface area contributed by atoms with Gasteiger partial charge >= 0.3 is 0 Å². The van der Waals surface area contributed by atoms with Crippen LogP contribution >= 0.6 is 11.3 Å². The smallest absolute Gasteiger partial charge is 0.156 e. The van der Waals surface area contributed by atoms with Gasteiger partial charge in [0.25, 0.3) is 0 Å². The minimum absolute atomic E-state index is 0.621. The van der Waals surface area contributed by atoms with Gasteiger partial charge in [-0.3, -0.25) is 9.98 Å². The summed E-state index contributed by atoms with van der Waals surface area (Å²) >= 11 is 1.46. The number of aromatic nitrogens is 2. The van der Waals surface area contributed by atoms with Gasteiger partial charge in [0, 0.05) is 36.3 Å². The predicted octanol–water partition coefficient (Wildman–Crippen LogP) is 4.85. The Bertz CT molecular complexity index is 1750. The minimum atomic E-state index is -3.36. The van der Waals surface area contributed by atoms with E-state index in [0.29, 0.717) is 11.6 Å². The van der Waals surface area contributed by atoms with Crippen LogP contribution in [0.1, 0.15) is 44.7 Å². The molecule has 0 radical (unpaired) electrons. The molecule has 2 aromatic carbocycles. The SMILES string of the molecule is CC(C)(O)c1nc(-c2cccnc2)c(-c2cccc(-c3cc(C(C)(C)S(C)(=O)=O)cc4c3=NCCC=4)c2)s1. The van der Waals surface area contributed by atoms with Crippen LogP contribution in [0.2, 0.25) is 0 Å². The van der Waals surface area contributed by atoms with Gasteiger partial charge in [0.05, 0.1) is 20.7 Å². The Morgan fingerprint density at radius 3 is 2.39 bits per heavy atom. The van der Waals surface area contributed by atoms with Crippen molar-refractivity contribution < 1.29 is 13.5 Å². The van der Waals surface area contributed by atoms with Gasteiger partial charge in [-0.05, 0) is 86.4 Å². The minimum Gasteiger partial charge on any atom is -0.383 e. The average molecular weight is 546 g/mol. The molecule has 0 bridgehead atoms. The van der Waals surface area contributed by atoms with Gasteiger partial charge in [-0.1, -0.05) is 24.3 Å². The molecule has 0 atom stereocenters. The molecule has 0 aliphatic carbocycles. The molecule has 196 valence electrons. The summed E-state index contributed by atoms with van der Waals surface area (Å²) in [5.41, 5.74) is 4.10. The molecular formula is C30H31N3O3S2. The van der Waals surface area contributed by atoms with Crippen molar-refractivity contribution in [2.24, 2.45) is 4.99 Å². The standard InChI is InChI=1S/C30H31N3O3S2/c1-29(2,34)28-33-26(22-12-7-13-31-18-22)27(37-28)21-10-6-9-19(15-21)24-17-23(30(3,4)38(5,35)36)16-20-11-8-14-32-25(20)24/h6-7,9-13,15-18,34H,8,14H2,1-5H3. The van der Waals surface area contributed by atoms with E-state index in [1.54, 1.807) is 40.1 Å². The largest absolute Gasteiger partial charge is 0.383 e. The van der Waals surface area contributed by atoms with Crippen LogP contribution in [-0.4, -0.2) is 36.3 Å². The summed E-state index contributed by atoms with van der Waals surface area (Å²) in [5, 5.41) is 13.2. The Hall–Kier alpha value is -3.20. The maximum atomic E-state index is 12.7. The number of nitrogens with zero attached hydrogens (tertiary/aromatic N) is 3. The second kappa shape index (κ2) is 9.52. The molecule has 38 heavy (non-hydrogen) atoms. The van der Waals surface area contributed by atoms with Gasteiger partial charge in [0.15, 0.2) is 9.84 Å². The van der Waals surface area contributed by atoms with Gasteiger partial charge in [0.2, 0.25) is 0 Å². The number of fused-ring (bicyclic) bond motifs is 1. The van der Waals surface area contributed by atoms with E-state index in [9.17, 15) is 13.5 Å². The summed E-state index contributed by atoms with van der Waals surface area (Å²) in [6, 6.07) is 15.9. The van der Waals surface area contributed by atoms with E-state index in [1.807, 2.05) is 42.5 Å². The second-order valence-corrected chi connectivity index (χ2v) is 14.3. The molecule has 0 saturated carbocycles. The summed E-state index contributed by atoms with van der Waals surface area (Å²) in [6.45, 7) is 7.67. The van der Waals surface area contributed by atoms with Gasteiger partial charge in [-0.2, -0.15) is 0 Å². The average Bonchev–Trinajstić information content (AvgIpc) is 3.34. The van der Waals surface area contributed by atoms with E-state index in [0.717, 1.165) is 55.4 Å². The van der Waals surface area contributed by atoms with Crippen molar-refractivity contribution in [1.29, 1.82) is 0 Å². The predicted molar refractivity (Wildman–Crippen MR) is 154 cm³/mol. The maximum Gasteiger partial charge on any atom is 0.156 e. The summed E-state index contributed by atoms with van der Waals surface area (Å²) in [4.78, 5) is 14.8. The number of benzene rings is 2. The fourth-order valence-electron chi connectivity index (χ4n) is 4.47. The number of hydrogen-bond donors (Lipinski definition) is 1. The normalized spacial score (nSPS) is 13.9. The first-order chi connectivity index (χ1) is 17.9. The van der Waals surface area contributed by atoms with Crippen molar-refractivity contribution >= 4 is 27.3 Å². The third-order valence-corrected chi connectivity index (χ3v) is 10.6. The van der Waals surface area contributed by atoms with Crippen LogP contribution < -0.4 is 10.6 Å².